The van der Waals surface area contributed by atoms with Gasteiger partial charge in [0.1, 0.15) is 18.2 Å². The first-order chi connectivity index (χ1) is 7.54. The highest BCUT2D eigenvalue weighted by Crippen LogP contribution is 2.10. The lowest BCUT2D eigenvalue weighted by atomic mass is 10.0. The first kappa shape index (κ1) is 12.4. The number of aromatic nitrogens is 2. The van der Waals surface area contributed by atoms with Gasteiger partial charge in [-0.3, -0.25) is 4.79 Å². The lowest BCUT2D eigenvalue weighted by Crippen LogP contribution is -2.41. The SMILES string of the molecule is CNC(=O)C(Nc1cc(C)ncn1)C(C)C. The van der Waals surface area contributed by atoms with Crippen molar-refractivity contribution in [2.45, 2.75) is 26.8 Å². The van der Waals surface area contributed by atoms with Crippen LogP contribution in [0.25, 0.3) is 0 Å². The highest BCUT2D eigenvalue weighted by atomic mass is 16.2. The van der Waals surface area contributed by atoms with Crippen LogP contribution in [0.1, 0.15) is 19.5 Å². The van der Waals surface area contributed by atoms with E-state index in [0.29, 0.717) is 5.82 Å². The zero-order valence-electron chi connectivity index (χ0n) is 10.1. The van der Waals surface area contributed by atoms with Gasteiger partial charge in [0.05, 0.1) is 0 Å². The predicted octanol–water partition coefficient (Wildman–Crippen LogP) is 0.968. The van der Waals surface area contributed by atoms with Gasteiger partial charge in [-0.25, -0.2) is 9.97 Å². The van der Waals surface area contributed by atoms with Crippen molar-refractivity contribution in [3.05, 3.63) is 18.1 Å². The Hall–Kier alpha value is -1.65. The fourth-order valence-electron chi connectivity index (χ4n) is 1.38. The molecule has 0 saturated carbocycles. The van der Waals surface area contributed by atoms with Crippen LogP contribution in [0.3, 0.4) is 0 Å². The molecular weight excluding hydrogens is 204 g/mol. The summed E-state index contributed by atoms with van der Waals surface area (Å²) in [7, 11) is 1.63. The second-order valence-corrected chi connectivity index (χ2v) is 4.02. The Bertz CT molecular complexity index is 365. The molecule has 1 atom stereocenters. The summed E-state index contributed by atoms with van der Waals surface area (Å²) in [6, 6.07) is 1.54. The van der Waals surface area contributed by atoms with Gasteiger partial charge in [0.25, 0.3) is 0 Å². The van der Waals surface area contributed by atoms with Gasteiger partial charge in [-0.2, -0.15) is 0 Å². The summed E-state index contributed by atoms with van der Waals surface area (Å²) < 4.78 is 0. The molecule has 1 rings (SSSR count). The molecule has 1 aromatic heterocycles. The van der Waals surface area contributed by atoms with E-state index in [1.54, 1.807) is 7.05 Å². The number of nitrogens with one attached hydrogen (secondary N) is 2. The minimum absolute atomic E-state index is 0.0359. The van der Waals surface area contributed by atoms with Gasteiger partial charge in [0.15, 0.2) is 0 Å². The Morgan fingerprint density at radius 2 is 2.06 bits per heavy atom. The van der Waals surface area contributed by atoms with Crippen LogP contribution in [0.5, 0.6) is 0 Å². The quantitative estimate of drug-likeness (QED) is 0.796. The van der Waals surface area contributed by atoms with Crippen molar-refractivity contribution in [1.29, 1.82) is 0 Å². The number of nitrogens with zero attached hydrogens (tertiary/aromatic N) is 2. The summed E-state index contributed by atoms with van der Waals surface area (Å²) >= 11 is 0. The first-order valence-corrected chi connectivity index (χ1v) is 5.31. The fourth-order valence-corrected chi connectivity index (χ4v) is 1.38. The van der Waals surface area contributed by atoms with Crippen LogP contribution in [-0.2, 0) is 4.79 Å². The highest BCUT2D eigenvalue weighted by molar-refractivity contribution is 5.84. The fraction of sp³-hybridized carbons (Fsp3) is 0.545. The molecule has 2 N–H and O–H groups in total. The van der Waals surface area contributed by atoms with Gasteiger partial charge < -0.3 is 10.6 Å². The molecule has 0 aromatic carbocycles. The van der Waals surface area contributed by atoms with E-state index >= 15 is 0 Å². The van der Waals surface area contributed by atoms with Crippen LogP contribution in [0, 0.1) is 12.8 Å². The zero-order chi connectivity index (χ0) is 12.1. The predicted molar refractivity (Wildman–Crippen MR) is 63.1 cm³/mol. The van der Waals surface area contributed by atoms with Crippen molar-refractivity contribution in [2.24, 2.45) is 5.92 Å². The maximum Gasteiger partial charge on any atom is 0.242 e. The normalized spacial score (nSPS) is 12.3. The lowest BCUT2D eigenvalue weighted by Gasteiger charge is -2.21. The molecule has 1 unspecified atom stereocenters. The first-order valence-electron chi connectivity index (χ1n) is 5.31. The van der Waals surface area contributed by atoms with E-state index in [4.69, 9.17) is 0 Å². The molecule has 0 spiro atoms. The van der Waals surface area contributed by atoms with Gasteiger partial charge >= 0.3 is 0 Å². The lowest BCUT2D eigenvalue weighted by molar-refractivity contribution is -0.122. The van der Waals surface area contributed by atoms with Gasteiger partial charge in [0.2, 0.25) is 5.91 Å². The molecule has 1 amide bonds. The van der Waals surface area contributed by atoms with Gasteiger partial charge in [0, 0.05) is 18.8 Å². The molecule has 0 aliphatic carbocycles. The molecule has 88 valence electrons. The van der Waals surface area contributed by atoms with E-state index in [9.17, 15) is 4.79 Å². The number of carbonyl (C=O) groups excluding carboxylic acids is 1. The van der Waals surface area contributed by atoms with Crippen molar-refractivity contribution >= 4 is 11.7 Å². The highest BCUT2D eigenvalue weighted by Gasteiger charge is 2.21. The number of likely N-dealkylation sites (N-methyl/N-ethyl adjacent to an activating group) is 1. The Morgan fingerprint density at radius 1 is 1.38 bits per heavy atom. The minimum atomic E-state index is -0.278. The summed E-state index contributed by atoms with van der Waals surface area (Å²) in [6.45, 7) is 5.86. The monoisotopic (exact) mass is 222 g/mol. The average molecular weight is 222 g/mol. The van der Waals surface area contributed by atoms with Crippen molar-refractivity contribution in [2.75, 3.05) is 12.4 Å². The van der Waals surface area contributed by atoms with E-state index in [1.807, 2.05) is 26.8 Å². The average Bonchev–Trinajstić information content (AvgIpc) is 2.24. The number of rotatable bonds is 4. The summed E-state index contributed by atoms with van der Waals surface area (Å²) in [5, 5.41) is 5.74. The molecule has 0 radical (unpaired) electrons. The Balaban J connectivity index is 2.79. The minimum Gasteiger partial charge on any atom is -0.358 e. The van der Waals surface area contributed by atoms with Crippen LogP contribution in [0.15, 0.2) is 12.4 Å². The number of hydrogen-bond acceptors (Lipinski definition) is 4. The summed E-state index contributed by atoms with van der Waals surface area (Å²) in [4.78, 5) is 19.7. The van der Waals surface area contributed by atoms with Crippen LogP contribution >= 0.6 is 0 Å². The Morgan fingerprint density at radius 3 is 2.56 bits per heavy atom. The Labute approximate surface area is 95.7 Å². The molecule has 0 bridgehead atoms. The van der Waals surface area contributed by atoms with Crippen LogP contribution in [0.4, 0.5) is 5.82 Å². The third kappa shape index (κ3) is 3.18. The summed E-state index contributed by atoms with van der Waals surface area (Å²) in [6.07, 6.45) is 1.49. The van der Waals surface area contributed by atoms with Gasteiger partial charge in [-0.05, 0) is 12.8 Å². The number of amides is 1. The second-order valence-electron chi connectivity index (χ2n) is 4.02. The van der Waals surface area contributed by atoms with Gasteiger partial charge in [-0.1, -0.05) is 13.8 Å². The van der Waals surface area contributed by atoms with Crippen LogP contribution < -0.4 is 10.6 Å². The number of hydrogen-bond donors (Lipinski definition) is 2. The molecule has 0 aliphatic heterocycles. The maximum absolute atomic E-state index is 11.6. The molecule has 16 heavy (non-hydrogen) atoms. The van der Waals surface area contributed by atoms with E-state index < -0.39 is 0 Å². The summed E-state index contributed by atoms with van der Waals surface area (Å²) in [5.41, 5.74) is 0.872. The standard InChI is InChI=1S/C11H18N4O/c1-7(2)10(11(16)12-4)15-9-5-8(3)13-6-14-9/h5-7,10H,1-4H3,(H,12,16)(H,13,14,15). The Kier molecular flexibility index (Phi) is 4.22. The number of anilines is 1. The topological polar surface area (TPSA) is 66.9 Å². The van der Waals surface area contributed by atoms with E-state index in [0.717, 1.165) is 5.69 Å². The molecule has 1 heterocycles. The van der Waals surface area contributed by atoms with E-state index in [1.165, 1.54) is 6.33 Å². The molecule has 0 saturated heterocycles. The van der Waals surface area contributed by atoms with Crippen molar-refractivity contribution in [1.82, 2.24) is 15.3 Å². The number of carbonyl (C=O) groups is 1. The van der Waals surface area contributed by atoms with Crippen LogP contribution in [-0.4, -0.2) is 29.0 Å². The van der Waals surface area contributed by atoms with Crippen molar-refractivity contribution < 1.29 is 4.79 Å². The molecular formula is C11H18N4O. The molecule has 0 fully saturated rings. The zero-order valence-corrected chi connectivity index (χ0v) is 10.1. The molecule has 1 aromatic rings. The third-order valence-electron chi connectivity index (χ3n) is 2.30. The van der Waals surface area contributed by atoms with Crippen LogP contribution in [0.2, 0.25) is 0 Å². The van der Waals surface area contributed by atoms with E-state index in [2.05, 4.69) is 20.6 Å². The maximum atomic E-state index is 11.6. The number of aryl methyl sites for hydroxylation is 1. The van der Waals surface area contributed by atoms with Gasteiger partial charge in [-0.15, -0.1) is 0 Å². The second kappa shape index (κ2) is 5.44. The smallest absolute Gasteiger partial charge is 0.242 e. The molecule has 0 aliphatic rings. The molecule has 5 nitrogen and oxygen atoms in total. The summed E-state index contributed by atoms with van der Waals surface area (Å²) in [5.74, 6) is 0.830. The van der Waals surface area contributed by atoms with Crippen molar-refractivity contribution in [3.63, 3.8) is 0 Å². The van der Waals surface area contributed by atoms with Crippen molar-refractivity contribution in [3.8, 4) is 0 Å². The van der Waals surface area contributed by atoms with E-state index in [-0.39, 0.29) is 17.9 Å². The largest absolute Gasteiger partial charge is 0.358 e. The molecule has 5 heteroatoms. The third-order valence-corrected chi connectivity index (χ3v) is 2.30.